The molecule has 0 bridgehead atoms. The molecule has 0 unspecified atom stereocenters. The molecule has 1 saturated heterocycles. The van der Waals surface area contributed by atoms with Crippen LogP contribution in [0.4, 0.5) is 35.9 Å². The van der Waals surface area contributed by atoms with Crippen LogP contribution in [0.2, 0.25) is 0 Å². The summed E-state index contributed by atoms with van der Waals surface area (Å²) in [6.07, 6.45) is -4.39. The molecule has 1 fully saturated rings. The van der Waals surface area contributed by atoms with E-state index in [1.807, 2.05) is 4.90 Å². The number of nitro groups is 2. The number of hydrogen-bond acceptors (Lipinski definition) is 6. The van der Waals surface area contributed by atoms with Gasteiger partial charge in [-0.1, -0.05) is 0 Å². The van der Waals surface area contributed by atoms with Crippen LogP contribution < -0.4 is 9.80 Å². The first-order chi connectivity index (χ1) is 13.1. The molecule has 2 aromatic carbocycles. The van der Waals surface area contributed by atoms with Crippen molar-refractivity contribution in [3.8, 4) is 0 Å². The maximum absolute atomic E-state index is 12.7. The molecule has 0 aromatic heterocycles. The smallest absolute Gasteiger partial charge is 0.368 e. The van der Waals surface area contributed by atoms with Crippen molar-refractivity contribution in [1.82, 2.24) is 0 Å². The molecular formula is C17H15F3N4O4. The number of benzene rings is 2. The van der Waals surface area contributed by atoms with Gasteiger partial charge in [0.2, 0.25) is 0 Å². The summed E-state index contributed by atoms with van der Waals surface area (Å²) in [5.41, 5.74) is -0.451. The zero-order valence-electron chi connectivity index (χ0n) is 14.4. The number of nitrogens with zero attached hydrogens (tertiary/aromatic N) is 4. The van der Waals surface area contributed by atoms with Gasteiger partial charge in [0, 0.05) is 44.0 Å². The van der Waals surface area contributed by atoms with Gasteiger partial charge in [0.05, 0.1) is 27.2 Å². The number of halogens is 3. The Hall–Kier alpha value is -3.37. The van der Waals surface area contributed by atoms with Crippen LogP contribution in [0, 0.1) is 20.2 Å². The van der Waals surface area contributed by atoms with Crippen molar-refractivity contribution in [2.24, 2.45) is 0 Å². The zero-order valence-corrected chi connectivity index (χ0v) is 14.4. The van der Waals surface area contributed by atoms with Crippen LogP contribution in [-0.4, -0.2) is 36.0 Å². The first-order valence-electron chi connectivity index (χ1n) is 8.26. The number of nitro benzene ring substituents is 2. The molecule has 0 radical (unpaired) electrons. The molecule has 1 heterocycles. The van der Waals surface area contributed by atoms with Gasteiger partial charge in [-0.05, 0) is 24.3 Å². The summed E-state index contributed by atoms with van der Waals surface area (Å²) in [5.74, 6) is 0. The molecule has 1 aliphatic rings. The number of piperazine rings is 1. The minimum atomic E-state index is -4.39. The van der Waals surface area contributed by atoms with E-state index in [1.165, 1.54) is 24.3 Å². The third kappa shape index (κ3) is 4.13. The summed E-state index contributed by atoms with van der Waals surface area (Å²) in [6.45, 7) is 1.75. The largest absolute Gasteiger partial charge is 0.416 e. The minimum absolute atomic E-state index is 0.366. The first kappa shape index (κ1) is 19.4. The number of hydrogen-bond donors (Lipinski definition) is 0. The Kier molecular flexibility index (Phi) is 5.08. The van der Waals surface area contributed by atoms with Crippen LogP contribution in [0.1, 0.15) is 5.56 Å². The molecule has 2 aromatic rings. The molecule has 0 amide bonds. The van der Waals surface area contributed by atoms with Crippen molar-refractivity contribution in [3.05, 3.63) is 68.3 Å². The molecule has 3 rings (SSSR count). The van der Waals surface area contributed by atoms with Crippen LogP contribution in [-0.2, 0) is 6.18 Å². The quantitative estimate of drug-likeness (QED) is 0.576. The lowest BCUT2D eigenvalue weighted by Crippen LogP contribution is -2.46. The highest BCUT2D eigenvalue weighted by Crippen LogP contribution is 2.32. The van der Waals surface area contributed by atoms with Gasteiger partial charge in [-0.3, -0.25) is 20.2 Å². The summed E-state index contributed by atoms with van der Waals surface area (Å²) in [6, 6.07) is 8.30. The number of alkyl halides is 3. The van der Waals surface area contributed by atoms with E-state index in [9.17, 15) is 33.4 Å². The molecule has 0 atom stereocenters. The average Bonchev–Trinajstić information content (AvgIpc) is 2.67. The van der Waals surface area contributed by atoms with E-state index >= 15 is 0 Å². The highest BCUT2D eigenvalue weighted by Gasteiger charge is 2.30. The molecule has 8 nitrogen and oxygen atoms in total. The number of anilines is 2. The normalized spacial score (nSPS) is 14.8. The molecule has 1 aliphatic heterocycles. The molecule has 11 heteroatoms. The Labute approximate surface area is 157 Å². The first-order valence-corrected chi connectivity index (χ1v) is 8.26. The Bertz CT molecular complexity index is 862. The van der Waals surface area contributed by atoms with E-state index in [4.69, 9.17) is 0 Å². The lowest BCUT2D eigenvalue weighted by molar-refractivity contribution is -0.394. The molecular weight excluding hydrogens is 381 g/mol. The fraction of sp³-hybridized carbons (Fsp3) is 0.294. The number of non-ortho nitro benzene ring substituents is 2. The third-order valence-corrected chi connectivity index (χ3v) is 4.51. The molecule has 0 aliphatic carbocycles. The maximum Gasteiger partial charge on any atom is 0.416 e. The summed E-state index contributed by atoms with van der Waals surface area (Å²) in [4.78, 5) is 24.3. The van der Waals surface area contributed by atoms with Crippen LogP contribution in [0.3, 0.4) is 0 Å². The van der Waals surface area contributed by atoms with Crippen molar-refractivity contribution in [2.75, 3.05) is 36.0 Å². The van der Waals surface area contributed by atoms with Crippen LogP contribution >= 0.6 is 0 Å². The van der Waals surface area contributed by atoms with Crippen LogP contribution in [0.5, 0.6) is 0 Å². The van der Waals surface area contributed by atoms with Crippen molar-refractivity contribution >= 4 is 22.7 Å². The van der Waals surface area contributed by atoms with Crippen molar-refractivity contribution < 1.29 is 23.0 Å². The fourth-order valence-corrected chi connectivity index (χ4v) is 3.06. The van der Waals surface area contributed by atoms with Gasteiger partial charge in [0.25, 0.3) is 11.4 Å². The Balaban J connectivity index is 1.73. The molecule has 0 saturated carbocycles. The maximum atomic E-state index is 12.7. The lowest BCUT2D eigenvalue weighted by Gasteiger charge is -2.37. The predicted octanol–water partition coefficient (Wildman–Crippen LogP) is 3.85. The van der Waals surface area contributed by atoms with Crippen molar-refractivity contribution in [3.63, 3.8) is 0 Å². The Morgan fingerprint density at radius 1 is 0.750 bits per heavy atom. The van der Waals surface area contributed by atoms with E-state index in [2.05, 4.69) is 0 Å². The second-order valence-electron chi connectivity index (χ2n) is 6.24. The summed E-state index contributed by atoms with van der Waals surface area (Å²) >= 11 is 0. The van der Waals surface area contributed by atoms with E-state index in [1.54, 1.807) is 4.90 Å². The van der Waals surface area contributed by atoms with Crippen LogP contribution in [0.15, 0.2) is 42.5 Å². The summed E-state index contributed by atoms with van der Waals surface area (Å²) in [7, 11) is 0. The number of rotatable bonds is 4. The second kappa shape index (κ2) is 7.33. The molecule has 0 spiro atoms. The van der Waals surface area contributed by atoms with E-state index < -0.39 is 21.6 Å². The fourth-order valence-electron chi connectivity index (χ4n) is 3.06. The van der Waals surface area contributed by atoms with Gasteiger partial charge in [-0.25, -0.2) is 0 Å². The Morgan fingerprint density at radius 2 is 1.18 bits per heavy atom. The van der Waals surface area contributed by atoms with Gasteiger partial charge < -0.3 is 9.80 Å². The van der Waals surface area contributed by atoms with Gasteiger partial charge in [0.1, 0.15) is 0 Å². The second-order valence-corrected chi connectivity index (χ2v) is 6.24. The highest BCUT2D eigenvalue weighted by molar-refractivity contribution is 5.61. The van der Waals surface area contributed by atoms with Gasteiger partial charge >= 0.3 is 6.18 Å². The predicted molar refractivity (Wildman–Crippen MR) is 95.6 cm³/mol. The van der Waals surface area contributed by atoms with Gasteiger partial charge in [-0.15, -0.1) is 0 Å². The third-order valence-electron chi connectivity index (χ3n) is 4.51. The minimum Gasteiger partial charge on any atom is -0.368 e. The zero-order chi connectivity index (χ0) is 20.5. The van der Waals surface area contributed by atoms with Crippen molar-refractivity contribution in [2.45, 2.75) is 6.18 Å². The van der Waals surface area contributed by atoms with Crippen molar-refractivity contribution in [1.29, 1.82) is 0 Å². The molecule has 0 N–H and O–H groups in total. The van der Waals surface area contributed by atoms with E-state index in [-0.39, 0.29) is 11.4 Å². The van der Waals surface area contributed by atoms with Crippen LogP contribution in [0.25, 0.3) is 0 Å². The van der Waals surface area contributed by atoms with Gasteiger partial charge in [-0.2, -0.15) is 13.2 Å². The van der Waals surface area contributed by atoms with Gasteiger partial charge in [0.15, 0.2) is 0 Å². The van der Waals surface area contributed by atoms with E-state index in [0.29, 0.717) is 37.6 Å². The summed E-state index contributed by atoms with van der Waals surface area (Å²) in [5, 5.41) is 22.0. The standard InChI is InChI=1S/C17H15F3N4O4/c18-17(19,20)12-1-3-13(4-2-12)21-5-7-22(8-6-21)14-9-15(23(25)26)11-16(10-14)24(27)28/h1-4,9-11H,5-8H2. The lowest BCUT2D eigenvalue weighted by atomic mass is 10.1. The Morgan fingerprint density at radius 3 is 1.57 bits per heavy atom. The summed E-state index contributed by atoms with van der Waals surface area (Å²) < 4.78 is 38.0. The molecule has 28 heavy (non-hydrogen) atoms. The topological polar surface area (TPSA) is 92.8 Å². The average molecular weight is 396 g/mol. The SMILES string of the molecule is O=[N+]([O-])c1cc(N2CCN(c3ccc(C(F)(F)F)cc3)CC2)cc([N+](=O)[O-])c1. The monoisotopic (exact) mass is 396 g/mol. The highest BCUT2D eigenvalue weighted by atomic mass is 19.4. The van der Waals surface area contributed by atoms with E-state index in [0.717, 1.165) is 18.2 Å². The molecule has 148 valence electrons.